The Bertz CT molecular complexity index is 1250. The van der Waals surface area contributed by atoms with Crippen molar-refractivity contribution in [2.24, 2.45) is 5.41 Å². The number of hydrogen-bond donors (Lipinski definition) is 2. The van der Waals surface area contributed by atoms with Crippen molar-refractivity contribution in [3.05, 3.63) is 72.1 Å². The van der Waals surface area contributed by atoms with Gasteiger partial charge in [-0.1, -0.05) is 18.2 Å². The van der Waals surface area contributed by atoms with Gasteiger partial charge in [0.2, 0.25) is 10.3 Å². The highest BCUT2D eigenvalue weighted by Gasteiger charge is 2.46. The number of carbonyl (C=O) groups is 1. The largest absolute Gasteiger partial charge is 0.489 e. The SMILES string of the molecule is O=C(NO)C1(C(c2ccc(OCc3cccc4cnccc34)cc2)=S(=O)=O)CCOCC1. The first-order chi connectivity index (χ1) is 15.5. The molecule has 9 heteroatoms. The van der Waals surface area contributed by atoms with Gasteiger partial charge in [0.25, 0.3) is 5.91 Å². The number of hydroxylamine groups is 1. The fourth-order valence-electron chi connectivity index (χ4n) is 4.10. The lowest BCUT2D eigenvalue weighted by molar-refractivity contribution is -0.139. The summed E-state index contributed by atoms with van der Waals surface area (Å²) in [6, 6.07) is 14.4. The molecule has 1 amide bonds. The van der Waals surface area contributed by atoms with E-state index in [1.807, 2.05) is 24.3 Å². The van der Waals surface area contributed by atoms with Crippen molar-refractivity contribution < 1.29 is 27.9 Å². The van der Waals surface area contributed by atoms with E-state index in [4.69, 9.17) is 9.47 Å². The summed E-state index contributed by atoms with van der Waals surface area (Å²) in [5.41, 5.74) is 1.61. The Kier molecular flexibility index (Phi) is 6.50. The molecule has 8 nitrogen and oxygen atoms in total. The van der Waals surface area contributed by atoms with Gasteiger partial charge in [-0.25, -0.2) is 5.48 Å². The van der Waals surface area contributed by atoms with Crippen LogP contribution < -0.4 is 10.2 Å². The highest BCUT2D eigenvalue weighted by atomic mass is 32.2. The zero-order valence-corrected chi connectivity index (χ0v) is 18.0. The number of hydrogen-bond acceptors (Lipinski definition) is 7. The number of fused-ring (bicyclic) bond motifs is 1. The fraction of sp³-hybridized carbons (Fsp3) is 0.261. The molecule has 1 aliphatic rings. The first kappa shape index (κ1) is 21.9. The minimum Gasteiger partial charge on any atom is -0.489 e. The van der Waals surface area contributed by atoms with Gasteiger partial charge in [0.05, 0.1) is 10.3 Å². The Morgan fingerprint density at radius 3 is 2.56 bits per heavy atom. The molecular weight excluding hydrogens is 432 g/mol. The molecule has 2 N–H and O–H groups in total. The minimum absolute atomic E-state index is 0.0690. The summed E-state index contributed by atoms with van der Waals surface area (Å²) >= 11 is 0. The average molecular weight is 455 g/mol. The molecule has 0 bridgehead atoms. The Hall–Kier alpha value is -3.27. The molecule has 32 heavy (non-hydrogen) atoms. The zero-order chi connectivity index (χ0) is 22.6. The Balaban J connectivity index is 1.59. The first-order valence-electron chi connectivity index (χ1n) is 10.1. The molecule has 0 aliphatic carbocycles. The maximum Gasteiger partial charge on any atom is 0.255 e. The number of nitrogens with one attached hydrogen (secondary N) is 1. The van der Waals surface area contributed by atoms with Crippen LogP contribution in [0.15, 0.2) is 60.9 Å². The van der Waals surface area contributed by atoms with Crippen molar-refractivity contribution in [1.29, 1.82) is 0 Å². The van der Waals surface area contributed by atoms with Crippen molar-refractivity contribution >= 4 is 31.8 Å². The number of amides is 1. The number of benzene rings is 2. The molecule has 4 rings (SSSR count). The summed E-state index contributed by atoms with van der Waals surface area (Å²) in [5.74, 6) is -0.200. The monoisotopic (exact) mass is 454 g/mol. The molecule has 0 atom stereocenters. The van der Waals surface area contributed by atoms with E-state index in [1.165, 1.54) is 0 Å². The van der Waals surface area contributed by atoms with Gasteiger partial charge in [-0.15, -0.1) is 0 Å². The van der Waals surface area contributed by atoms with E-state index in [2.05, 4.69) is 4.98 Å². The van der Waals surface area contributed by atoms with Crippen LogP contribution in [-0.2, 0) is 26.4 Å². The number of nitrogens with zero attached hydrogens (tertiary/aromatic N) is 1. The summed E-state index contributed by atoms with van der Waals surface area (Å²) < 4.78 is 35.6. The van der Waals surface area contributed by atoms with E-state index in [9.17, 15) is 18.4 Å². The standard InChI is InChI=1S/C23H22N2O6S/c26-22(25-27)23(9-12-30-13-10-23)21(32(28)29)16-4-6-19(7-5-16)31-15-18-3-1-2-17-14-24-11-8-20(17)18/h1-8,11,14,27H,9-10,12-13,15H2,(H,25,26). The summed E-state index contributed by atoms with van der Waals surface area (Å²) in [6.07, 6.45) is 3.83. The number of carbonyl (C=O) groups excluding carboxylic acids is 1. The Morgan fingerprint density at radius 1 is 1.12 bits per heavy atom. The number of rotatable bonds is 6. The smallest absolute Gasteiger partial charge is 0.255 e. The van der Waals surface area contributed by atoms with Crippen LogP contribution >= 0.6 is 0 Å². The van der Waals surface area contributed by atoms with Gasteiger partial charge in [0, 0.05) is 31.0 Å². The van der Waals surface area contributed by atoms with Gasteiger partial charge in [-0.2, -0.15) is 8.42 Å². The molecule has 0 spiro atoms. The summed E-state index contributed by atoms with van der Waals surface area (Å²) in [5, 5.41) is 11.3. The fourth-order valence-corrected chi connectivity index (χ4v) is 5.04. The lowest BCUT2D eigenvalue weighted by atomic mass is 9.74. The van der Waals surface area contributed by atoms with Gasteiger partial charge in [-0.3, -0.25) is 15.0 Å². The molecule has 0 unspecified atom stereocenters. The van der Waals surface area contributed by atoms with Gasteiger partial charge >= 0.3 is 0 Å². The quantitative estimate of drug-likeness (QED) is 0.255. The van der Waals surface area contributed by atoms with Crippen LogP contribution in [0.2, 0.25) is 0 Å². The van der Waals surface area contributed by atoms with E-state index >= 15 is 0 Å². The zero-order valence-electron chi connectivity index (χ0n) is 17.2. The van der Waals surface area contributed by atoms with E-state index in [0.717, 1.165) is 16.3 Å². The third kappa shape index (κ3) is 4.22. The Morgan fingerprint density at radius 2 is 1.88 bits per heavy atom. The number of pyridine rings is 1. The van der Waals surface area contributed by atoms with Crippen molar-refractivity contribution in [2.75, 3.05) is 13.2 Å². The maximum atomic E-state index is 12.5. The van der Waals surface area contributed by atoms with E-state index in [0.29, 0.717) is 17.9 Å². The predicted molar refractivity (Wildman–Crippen MR) is 118 cm³/mol. The average Bonchev–Trinajstić information content (AvgIpc) is 2.83. The molecule has 2 heterocycles. The molecule has 1 fully saturated rings. The van der Waals surface area contributed by atoms with E-state index in [1.54, 1.807) is 42.1 Å². The summed E-state index contributed by atoms with van der Waals surface area (Å²) in [7, 11) is -2.68. The van der Waals surface area contributed by atoms with Gasteiger partial charge in [-0.05, 0) is 59.7 Å². The van der Waals surface area contributed by atoms with Gasteiger partial charge in [0.1, 0.15) is 12.4 Å². The third-order valence-electron chi connectivity index (χ3n) is 5.77. The molecule has 3 aromatic rings. The lowest BCUT2D eigenvalue weighted by Crippen LogP contribution is -2.49. The number of ether oxygens (including phenoxy) is 2. The van der Waals surface area contributed by atoms with Gasteiger partial charge < -0.3 is 9.47 Å². The summed E-state index contributed by atoms with van der Waals surface area (Å²) in [6.45, 7) is 0.769. The lowest BCUT2D eigenvalue weighted by Gasteiger charge is -2.35. The predicted octanol–water partition coefficient (Wildman–Crippen LogP) is 2.52. The van der Waals surface area contributed by atoms with Crippen LogP contribution in [0.1, 0.15) is 24.0 Å². The second-order valence-corrected chi connectivity index (χ2v) is 8.40. The molecular formula is C23H22N2O6S. The topological polar surface area (TPSA) is 115 Å². The minimum atomic E-state index is -2.68. The van der Waals surface area contributed by atoms with Crippen molar-refractivity contribution in [2.45, 2.75) is 19.4 Å². The van der Waals surface area contributed by atoms with Crippen molar-refractivity contribution in [1.82, 2.24) is 10.5 Å². The molecule has 1 aromatic heterocycles. The van der Waals surface area contributed by atoms with E-state index in [-0.39, 0.29) is 30.9 Å². The maximum absolute atomic E-state index is 12.5. The van der Waals surface area contributed by atoms with Crippen molar-refractivity contribution in [3.63, 3.8) is 0 Å². The van der Waals surface area contributed by atoms with Crippen molar-refractivity contribution in [3.8, 4) is 5.75 Å². The first-order valence-corrected chi connectivity index (χ1v) is 11.2. The molecule has 2 aromatic carbocycles. The molecule has 1 saturated heterocycles. The molecule has 0 saturated carbocycles. The second-order valence-electron chi connectivity index (χ2n) is 7.53. The van der Waals surface area contributed by atoms with Crippen LogP contribution in [-0.4, -0.2) is 42.6 Å². The van der Waals surface area contributed by atoms with Crippen LogP contribution in [0.25, 0.3) is 10.8 Å². The molecule has 0 radical (unpaired) electrons. The van der Waals surface area contributed by atoms with Crippen LogP contribution in [0.4, 0.5) is 0 Å². The highest BCUT2D eigenvalue weighted by molar-refractivity contribution is 7.73. The summed E-state index contributed by atoms with van der Waals surface area (Å²) in [4.78, 5) is 16.6. The molecule has 1 aliphatic heterocycles. The van der Waals surface area contributed by atoms with E-state index < -0.39 is 21.6 Å². The highest BCUT2D eigenvalue weighted by Crippen LogP contribution is 2.35. The third-order valence-corrected chi connectivity index (χ3v) is 6.73. The second kappa shape index (κ2) is 9.47. The number of aromatic nitrogens is 1. The van der Waals surface area contributed by atoms with Crippen LogP contribution in [0, 0.1) is 5.41 Å². The van der Waals surface area contributed by atoms with Crippen LogP contribution in [0.3, 0.4) is 0 Å². The normalized spacial score (nSPS) is 15.2. The Labute approximate surface area is 186 Å². The van der Waals surface area contributed by atoms with Crippen LogP contribution in [0.5, 0.6) is 5.75 Å². The van der Waals surface area contributed by atoms with Gasteiger partial charge in [0.15, 0.2) is 0 Å². The molecule has 166 valence electrons.